The first kappa shape index (κ1) is 33.6. The van der Waals surface area contributed by atoms with E-state index in [0.29, 0.717) is 0 Å². The Hall–Kier alpha value is -7.33. The molecule has 2 aliphatic heterocycles. The van der Waals surface area contributed by atoms with Crippen molar-refractivity contribution in [3.8, 4) is 44.9 Å². The molecule has 0 aromatic heterocycles. The normalized spacial score (nSPS) is 13.8. The molecule has 3 aliphatic rings. The molecule has 280 valence electrons. The van der Waals surface area contributed by atoms with Gasteiger partial charge in [-0.1, -0.05) is 188 Å². The second kappa shape index (κ2) is 12.8. The van der Waals surface area contributed by atoms with Crippen LogP contribution in [0, 0.1) is 0 Å². The summed E-state index contributed by atoms with van der Waals surface area (Å²) in [6, 6.07) is 78.0. The van der Waals surface area contributed by atoms with Crippen molar-refractivity contribution in [3.63, 3.8) is 0 Å². The van der Waals surface area contributed by atoms with Gasteiger partial charge in [-0.15, -0.1) is 0 Å². The molecule has 2 nitrogen and oxygen atoms in total. The smallest absolute Gasteiger partial charge is 0.140 e. The fourth-order valence-electron chi connectivity index (χ4n) is 10.2. The van der Waals surface area contributed by atoms with Gasteiger partial charge in [-0.05, 0) is 91.7 Å². The van der Waals surface area contributed by atoms with Gasteiger partial charge in [0.1, 0.15) is 11.5 Å². The van der Waals surface area contributed by atoms with Gasteiger partial charge in [0.2, 0.25) is 0 Å². The van der Waals surface area contributed by atoms with E-state index in [-0.39, 0.29) is 0 Å². The quantitative estimate of drug-likeness (QED) is 0.177. The largest absolute Gasteiger partial charge is 0.455 e. The Kier molecular flexibility index (Phi) is 7.19. The molecule has 10 aromatic rings. The van der Waals surface area contributed by atoms with Crippen LogP contribution in [0.25, 0.3) is 54.9 Å². The maximum atomic E-state index is 7.19. The predicted molar refractivity (Wildman–Crippen MR) is 249 cm³/mol. The van der Waals surface area contributed by atoms with Crippen molar-refractivity contribution in [2.75, 3.05) is 4.90 Å². The molecule has 13 rings (SSSR count). The SMILES string of the molecule is c1ccc(-c2ccc3c(c2)Sc2cc(-c4ccccc4)ccc2N3c2ccc3c(c2)-c2ccccc2C32c3ccc4ccccc4c3Oc3c2ccc2ccccc32)cc1. The third-order valence-electron chi connectivity index (χ3n) is 12.9. The lowest BCUT2D eigenvalue weighted by molar-refractivity contribution is 0.447. The van der Waals surface area contributed by atoms with Gasteiger partial charge < -0.3 is 9.64 Å². The first-order valence-electron chi connectivity index (χ1n) is 20.6. The zero-order chi connectivity index (χ0) is 39.4. The number of nitrogens with zero attached hydrogens (tertiary/aromatic N) is 1. The van der Waals surface area contributed by atoms with E-state index in [2.05, 4.69) is 217 Å². The number of benzene rings is 10. The molecule has 0 fully saturated rings. The number of hydrogen-bond donors (Lipinski definition) is 0. The molecule has 60 heavy (non-hydrogen) atoms. The molecule has 0 amide bonds. The molecule has 1 aliphatic carbocycles. The van der Waals surface area contributed by atoms with E-state index in [1.807, 2.05) is 11.8 Å². The molecule has 0 atom stereocenters. The summed E-state index contributed by atoms with van der Waals surface area (Å²) in [5, 5.41) is 4.59. The highest BCUT2D eigenvalue weighted by Gasteiger charge is 2.52. The summed E-state index contributed by atoms with van der Waals surface area (Å²) in [5.41, 5.74) is 15.2. The average molecular weight is 782 g/mol. The van der Waals surface area contributed by atoms with E-state index in [1.165, 1.54) is 87.6 Å². The summed E-state index contributed by atoms with van der Waals surface area (Å²) in [5.74, 6) is 1.87. The van der Waals surface area contributed by atoms with Crippen LogP contribution in [-0.2, 0) is 5.41 Å². The molecule has 0 saturated heterocycles. The van der Waals surface area contributed by atoms with Crippen LogP contribution < -0.4 is 9.64 Å². The highest BCUT2D eigenvalue weighted by Crippen LogP contribution is 2.65. The molecule has 10 aromatic carbocycles. The van der Waals surface area contributed by atoms with Crippen molar-refractivity contribution in [2.45, 2.75) is 15.2 Å². The highest BCUT2D eigenvalue weighted by molar-refractivity contribution is 7.99. The molecule has 0 saturated carbocycles. The van der Waals surface area contributed by atoms with E-state index in [0.717, 1.165) is 28.0 Å². The third-order valence-corrected chi connectivity index (χ3v) is 14.0. The van der Waals surface area contributed by atoms with Gasteiger partial charge in [0.15, 0.2) is 0 Å². The van der Waals surface area contributed by atoms with Crippen LogP contribution in [0.5, 0.6) is 11.5 Å². The standard InChI is InChI=1S/C57H35NOS/c1-3-13-36(14-4-1)40-25-31-51-53(33-40)60-54-34-41(37-15-5-2-6-16-37)26-32-52(54)58(51)42-27-30-48-46(35-42)45-21-11-12-22-47(45)57(48)49-28-23-38-17-7-9-19-43(38)55(49)59-56-44-20-10-8-18-39(44)24-29-50(56)57/h1-35H. The summed E-state index contributed by atoms with van der Waals surface area (Å²) in [7, 11) is 0. The molecule has 0 radical (unpaired) electrons. The van der Waals surface area contributed by atoms with Crippen LogP contribution in [0.3, 0.4) is 0 Å². The minimum atomic E-state index is -0.593. The highest BCUT2D eigenvalue weighted by atomic mass is 32.2. The first-order valence-corrected chi connectivity index (χ1v) is 21.4. The van der Waals surface area contributed by atoms with Gasteiger partial charge in [0.05, 0.1) is 16.8 Å². The van der Waals surface area contributed by atoms with Crippen LogP contribution in [0.2, 0.25) is 0 Å². The van der Waals surface area contributed by atoms with E-state index in [4.69, 9.17) is 4.74 Å². The van der Waals surface area contributed by atoms with Crippen LogP contribution in [0.15, 0.2) is 222 Å². The van der Waals surface area contributed by atoms with Gasteiger partial charge in [-0.25, -0.2) is 0 Å². The summed E-state index contributed by atoms with van der Waals surface area (Å²) in [6.45, 7) is 0. The number of rotatable bonds is 3. The predicted octanol–water partition coefficient (Wildman–Crippen LogP) is 15.7. The minimum Gasteiger partial charge on any atom is -0.455 e. The van der Waals surface area contributed by atoms with Crippen LogP contribution in [-0.4, -0.2) is 0 Å². The molecule has 0 bridgehead atoms. The lowest BCUT2D eigenvalue weighted by Crippen LogP contribution is -2.32. The van der Waals surface area contributed by atoms with Gasteiger partial charge in [-0.2, -0.15) is 0 Å². The first-order chi connectivity index (χ1) is 29.7. The van der Waals surface area contributed by atoms with Crippen molar-refractivity contribution in [1.29, 1.82) is 0 Å². The maximum absolute atomic E-state index is 7.19. The Morgan fingerprint density at radius 3 is 1.47 bits per heavy atom. The summed E-state index contributed by atoms with van der Waals surface area (Å²) in [6.07, 6.45) is 0. The van der Waals surface area contributed by atoms with Crippen LogP contribution in [0.4, 0.5) is 17.1 Å². The lowest BCUT2D eigenvalue weighted by atomic mass is 9.65. The van der Waals surface area contributed by atoms with Gasteiger partial charge in [0, 0.05) is 37.4 Å². The van der Waals surface area contributed by atoms with Crippen molar-refractivity contribution >= 4 is 50.4 Å². The van der Waals surface area contributed by atoms with Crippen molar-refractivity contribution in [3.05, 3.63) is 235 Å². The Morgan fingerprint density at radius 1 is 0.367 bits per heavy atom. The van der Waals surface area contributed by atoms with Crippen molar-refractivity contribution in [1.82, 2.24) is 0 Å². The number of hydrogen-bond acceptors (Lipinski definition) is 3. The number of ether oxygens (including phenoxy) is 1. The van der Waals surface area contributed by atoms with Crippen LogP contribution in [0.1, 0.15) is 22.3 Å². The topological polar surface area (TPSA) is 12.5 Å². The molecular formula is C57H35NOS. The monoisotopic (exact) mass is 781 g/mol. The zero-order valence-corrected chi connectivity index (χ0v) is 33.3. The van der Waals surface area contributed by atoms with Gasteiger partial charge in [0.25, 0.3) is 0 Å². The molecule has 1 spiro atoms. The number of anilines is 3. The van der Waals surface area contributed by atoms with Crippen molar-refractivity contribution < 1.29 is 4.74 Å². The summed E-state index contributed by atoms with van der Waals surface area (Å²) in [4.78, 5) is 4.95. The Morgan fingerprint density at radius 2 is 0.867 bits per heavy atom. The van der Waals surface area contributed by atoms with E-state index in [9.17, 15) is 0 Å². The maximum Gasteiger partial charge on any atom is 0.140 e. The van der Waals surface area contributed by atoms with Crippen molar-refractivity contribution in [2.24, 2.45) is 0 Å². The number of fused-ring (bicyclic) bond motifs is 15. The summed E-state index contributed by atoms with van der Waals surface area (Å²) < 4.78 is 7.19. The summed E-state index contributed by atoms with van der Waals surface area (Å²) >= 11 is 1.86. The van der Waals surface area contributed by atoms with E-state index < -0.39 is 5.41 Å². The molecule has 3 heteroatoms. The molecule has 2 heterocycles. The molecular weight excluding hydrogens is 747 g/mol. The van der Waals surface area contributed by atoms with E-state index >= 15 is 0 Å². The Bertz CT molecular complexity index is 3220. The Labute approximate surface area is 353 Å². The third kappa shape index (κ3) is 4.72. The van der Waals surface area contributed by atoms with Gasteiger partial charge >= 0.3 is 0 Å². The fraction of sp³-hybridized carbons (Fsp3) is 0.0175. The molecule has 0 N–H and O–H groups in total. The second-order valence-electron chi connectivity index (χ2n) is 16.0. The zero-order valence-electron chi connectivity index (χ0n) is 32.5. The minimum absolute atomic E-state index is 0.593. The van der Waals surface area contributed by atoms with Gasteiger partial charge in [-0.3, -0.25) is 0 Å². The fourth-order valence-corrected chi connectivity index (χ4v) is 11.4. The Balaban J connectivity index is 1.06. The molecule has 0 unspecified atom stereocenters. The lowest BCUT2D eigenvalue weighted by Gasteiger charge is -2.40. The van der Waals surface area contributed by atoms with E-state index in [1.54, 1.807) is 0 Å². The second-order valence-corrected chi connectivity index (χ2v) is 17.1. The van der Waals surface area contributed by atoms with Crippen LogP contribution >= 0.6 is 11.8 Å². The average Bonchev–Trinajstić information content (AvgIpc) is 3.60.